The number of fused-ring (bicyclic) bond motifs is 6. The first-order chi connectivity index (χ1) is 25.3. The average Bonchev–Trinajstić information content (AvgIpc) is 3.77. The fourth-order valence-electron chi connectivity index (χ4n) is 7.78. The summed E-state index contributed by atoms with van der Waals surface area (Å²) in [7, 11) is -2.87. The van der Waals surface area contributed by atoms with Gasteiger partial charge in [0.15, 0.2) is 8.07 Å². The van der Waals surface area contributed by atoms with Crippen molar-refractivity contribution in [2.45, 2.75) is 0 Å². The highest BCUT2D eigenvalue weighted by Crippen LogP contribution is 2.35. The maximum atomic E-state index is 6.13. The largest absolute Gasteiger partial charge is 0.438 e. The molecule has 0 bridgehead atoms. The van der Waals surface area contributed by atoms with E-state index >= 15 is 0 Å². The Morgan fingerprint density at radius 3 is 1.16 bits per heavy atom. The van der Waals surface area contributed by atoms with Gasteiger partial charge in [0.05, 0.1) is 0 Å². The van der Waals surface area contributed by atoms with E-state index in [-0.39, 0.29) is 0 Å². The number of aromatic nitrogens is 2. The van der Waals surface area contributed by atoms with Crippen molar-refractivity contribution in [2.24, 2.45) is 0 Å². The Hall–Kier alpha value is -6.56. The van der Waals surface area contributed by atoms with E-state index in [9.17, 15) is 0 Å². The number of rotatable bonds is 6. The van der Waals surface area contributed by atoms with E-state index in [1.807, 2.05) is 48.8 Å². The van der Waals surface area contributed by atoms with Gasteiger partial charge in [0.25, 0.3) is 0 Å². The van der Waals surface area contributed by atoms with Crippen LogP contribution in [0.5, 0.6) is 0 Å². The molecular weight excluding hydrogens is 641 g/mol. The van der Waals surface area contributed by atoms with E-state index in [1.165, 1.54) is 20.7 Å². The van der Waals surface area contributed by atoms with Gasteiger partial charge >= 0.3 is 0 Å². The number of nitrogens with zero attached hydrogens (tertiary/aromatic N) is 2. The molecule has 51 heavy (non-hydrogen) atoms. The minimum absolute atomic E-state index is 0.638. The molecule has 10 rings (SSSR count). The zero-order valence-electron chi connectivity index (χ0n) is 27.5. The fraction of sp³-hybridized carbons (Fsp3) is 0. The van der Waals surface area contributed by atoms with Gasteiger partial charge in [0.2, 0.25) is 11.4 Å². The monoisotopic (exact) mass is 670 g/mol. The molecule has 0 radical (unpaired) electrons. The van der Waals surface area contributed by atoms with Gasteiger partial charge in [-0.25, -0.2) is 9.97 Å². The van der Waals surface area contributed by atoms with E-state index in [4.69, 9.17) is 18.8 Å². The molecule has 0 atom stereocenters. The Morgan fingerprint density at radius 1 is 0.333 bits per heavy atom. The third kappa shape index (κ3) is 4.74. The van der Waals surface area contributed by atoms with Crippen molar-refractivity contribution in [1.29, 1.82) is 0 Å². The van der Waals surface area contributed by atoms with Gasteiger partial charge in [-0.15, -0.1) is 0 Å². The maximum absolute atomic E-state index is 6.13. The second-order valence-electron chi connectivity index (χ2n) is 13.0. The van der Waals surface area contributed by atoms with Crippen LogP contribution in [0.4, 0.5) is 0 Å². The standard InChI is InChI=1S/C46H30N2O2Si/c1-4-14-35(15-5-1)51(36-16-6-2-7-17-36,37-18-8-3-9-19-37)38-25-31(33-27-41-39-20-10-12-22-43(39)49-45(41)47-29-33)24-32(26-38)34-28-42-40-21-11-13-23-44(40)50-46(42)48-30-34/h1-30H. The van der Waals surface area contributed by atoms with Crippen LogP contribution in [0.25, 0.3) is 66.4 Å². The van der Waals surface area contributed by atoms with Crippen molar-refractivity contribution in [3.05, 3.63) is 182 Å². The summed E-state index contributed by atoms with van der Waals surface area (Å²) in [6.07, 6.45) is 3.88. The summed E-state index contributed by atoms with van der Waals surface area (Å²) in [5.74, 6) is 0. The first-order valence-corrected chi connectivity index (χ1v) is 19.1. The van der Waals surface area contributed by atoms with Gasteiger partial charge < -0.3 is 8.83 Å². The zero-order chi connectivity index (χ0) is 33.8. The van der Waals surface area contributed by atoms with Gasteiger partial charge in [-0.3, -0.25) is 0 Å². The maximum Gasteiger partial charge on any atom is 0.227 e. The van der Waals surface area contributed by atoms with Gasteiger partial charge in [0, 0.05) is 45.1 Å². The lowest BCUT2D eigenvalue weighted by molar-refractivity contribution is 0.654. The summed E-state index contributed by atoms with van der Waals surface area (Å²) < 4.78 is 12.3. The van der Waals surface area contributed by atoms with E-state index in [0.29, 0.717) is 11.4 Å². The number of benzene rings is 6. The fourth-order valence-corrected chi connectivity index (χ4v) is 12.6. The van der Waals surface area contributed by atoms with Crippen LogP contribution < -0.4 is 20.7 Å². The molecule has 4 nitrogen and oxygen atoms in total. The molecule has 0 fully saturated rings. The molecule has 0 aliphatic carbocycles. The number of hydrogen-bond donors (Lipinski definition) is 0. The highest BCUT2D eigenvalue weighted by molar-refractivity contribution is 7.20. The van der Waals surface area contributed by atoms with Gasteiger partial charge in [-0.05, 0) is 62.2 Å². The average molecular weight is 671 g/mol. The van der Waals surface area contributed by atoms with Crippen molar-refractivity contribution in [3.63, 3.8) is 0 Å². The van der Waals surface area contributed by atoms with Crippen LogP contribution in [0.1, 0.15) is 0 Å². The highest BCUT2D eigenvalue weighted by atomic mass is 28.3. The van der Waals surface area contributed by atoms with Crippen molar-refractivity contribution in [2.75, 3.05) is 0 Å². The third-order valence-corrected chi connectivity index (χ3v) is 14.9. The molecule has 10 aromatic rings. The van der Waals surface area contributed by atoms with Gasteiger partial charge in [0.1, 0.15) is 11.2 Å². The topological polar surface area (TPSA) is 52.1 Å². The second kappa shape index (κ2) is 11.8. The lowest BCUT2D eigenvalue weighted by atomic mass is 9.99. The van der Waals surface area contributed by atoms with E-state index in [2.05, 4.69) is 133 Å². The minimum Gasteiger partial charge on any atom is -0.438 e. The van der Waals surface area contributed by atoms with Crippen LogP contribution >= 0.6 is 0 Å². The quantitative estimate of drug-likeness (QED) is 0.131. The van der Waals surface area contributed by atoms with E-state index in [1.54, 1.807) is 0 Å². The molecule has 0 unspecified atom stereocenters. The molecule has 4 heterocycles. The van der Waals surface area contributed by atoms with Crippen LogP contribution in [0.2, 0.25) is 0 Å². The summed E-state index contributed by atoms with van der Waals surface area (Å²) in [5.41, 5.74) is 7.16. The third-order valence-electron chi connectivity index (χ3n) is 10.1. The Balaban J connectivity index is 1.30. The van der Waals surface area contributed by atoms with Crippen molar-refractivity contribution in [1.82, 2.24) is 9.97 Å². The smallest absolute Gasteiger partial charge is 0.227 e. The number of furan rings is 2. The molecule has 0 saturated carbocycles. The Labute approximate surface area is 295 Å². The normalized spacial score (nSPS) is 11.9. The summed E-state index contributed by atoms with van der Waals surface area (Å²) >= 11 is 0. The minimum atomic E-state index is -2.87. The molecular formula is C46H30N2O2Si. The summed E-state index contributed by atoms with van der Waals surface area (Å²) in [5, 5.41) is 9.33. The summed E-state index contributed by atoms with van der Waals surface area (Å²) in [6.45, 7) is 0. The SMILES string of the molecule is c1ccc([Si](c2ccccc2)(c2ccccc2)c2cc(-c3cnc4oc5ccccc5c4c3)cc(-c3cnc4oc5ccccc5c4c3)c2)cc1. The molecule has 0 saturated heterocycles. The molecule has 5 heteroatoms. The van der Waals surface area contributed by atoms with Crippen LogP contribution in [-0.4, -0.2) is 18.0 Å². The number of para-hydroxylation sites is 2. The van der Waals surface area contributed by atoms with E-state index in [0.717, 1.165) is 55.0 Å². The second-order valence-corrected chi connectivity index (χ2v) is 16.8. The molecule has 0 aliphatic rings. The lowest BCUT2D eigenvalue weighted by Gasteiger charge is -2.35. The molecule has 0 spiro atoms. The van der Waals surface area contributed by atoms with Crippen LogP contribution in [0.15, 0.2) is 191 Å². The van der Waals surface area contributed by atoms with Crippen LogP contribution in [-0.2, 0) is 0 Å². The molecule has 0 aliphatic heterocycles. The number of pyridine rings is 2. The predicted octanol–water partition coefficient (Wildman–Crippen LogP) is 8.99. The number of hydrogen-bond acceptors (Lipinski definition) is 4. The van der Waals surface area contributed by atoms with Gasteiger partial charge in [-0.2, -0.15) is 0 Å². The van der Waals surface area contributed by atoms with Gasteiger partial charge in [-0.1, -0.05) is 140 Å². The zero-order valence-corrected chi connectivity index (χ0v) is 28.5. The predicted molar refractivity (Wildman–Crippen MR) is 211 cm³/mol. The van der Waals surface area contributed by atoms with E-state index < -0.39 is 8.07 Å². The molecule has 6 aromatic carbocycles. The van der Waals surface area contributed by atoms with Crippen molar-refractivity contribution >= 4 is 73.0 Å². The lowest BCUT2D eigenvalue weighted by Crippen LogP contribution is -2.74. The Bertz CT molecular complexity index is 2630. The molecule has 0 amide bonds. The summed E-state index contributed by atoms with van der Waals surface area (Å²) in [6, 6.07) is 60.9. The summed E-state index contributed by atoms with van der Waals surface area (Å²) in [4.78, 5) is 9.70. The van der Waals surface area contributed by atoms with Crippen molar-refractivity contribution < 1.29 is 8.83 Å². The molecule has 4 aromatic heterocycles. The van der Waals surface area contributed by atoms with Crippen LogP contribution in [0.3, 0.4) is 0 Å². The Morgan fingerprint density at radius 2 is 0.725 bits per heavy atom. The van der Waals surface area contributed by atoms with Crippen molar-refractivity contribution in [3.8, 4) is 22.3 Å². The first kappa shape index (κ1) is 29.4. The molecule has 0 N–H and O–H groups in total. The first-order valence-electron chi connectivity index (χ1n) is 17.1. The highest BCUT2D eigenvalue weighted by Gasteiger charge is 2.41. The molecule has 240 valence electrons. The van der Waals surface area contributed by atoms with Crippen LogP contribution in [0, 0.1) is 0 Å². The Kier molecular flexibility index (Phi) is 6.79.